The van der Waals surface area contributed by atoms with Crippen LogP contribution < -0.4 is 15.1 Å². The Bertz CT molecular complexity index is 670. The highest BCUT2D eigenvalue weighted by molar-refractivity contribution is 5.89. The first-order valence-corrected chi connectivity index (χ1v) is 5.05. The fraction of sp³-hybridized carbons (Fsp3) is 0.167. The number of aromatic hydroxyl groups is 1. The second kappa shape index (κ2) is 4.40. The number of carbonyl (C=O) groups is 1. The van der Waals surface area contributed by atoms with E-state index in [0.29, 0.717) is 11.1 Å². The van der Waals surface area contributed by atoms with E-state index >= 15 is 0 Å². The van der Waals surface area contributed by atoms with Crippen LogP contribution >= 0.6 is 0 Å². The minimum atomic E-state index is -0.980. The van der Waals surface area contributed by atoms with Gasteiger partial charge in [-0.3, -0.25) is 4.79 Å². The van der Waals surface area contributed by atoms with Crippen LogP contribution in [0.15, 0.2) is 27.4 Å². The minimum Gasteiger partial charge on any atom is -0.499 e. The third kappa shape index (κ3) is 2.00. The van der Waals surface area contributed by atoms with Crippen molar-refractivity contribution >= 4 is 16.9 Å². The van der Waals surface area contributed by atoms with Gasteiger partial charge in [0, 0.05) is 13.0 Å². The fourth-order valence-electron chi connectivity index (χ4n) is 1.52. The topological polar surface area (TPSA) is 86.0 Å². The van der Waals surface area contributed by atoms with Crippen LogP contribution in [0.4, 0.5) is 0 Å². The molecule has 0 spiro atoms. The third-order valence-electron chi connectivity index (χ3n) is 2.29. The largest absolute Gasteiger partial charge is 0.499 e. The first kappa shape index (κ1) is 12.0. The van der Waals surface area contributed by atoms with Crippen LogP contribution in [0, 0.1) is 0 Å². The molecule has 0 saturated carbocycles. The number of benzene rings is 1. The maximum Gasteiger partial charge on any atom is 0.382 e. The number of fused-ring (bicyclic) bond motifs is 1. The van der Waals surface area contributed by atoms with Crippen molar-refractivity contribution in [3.63, 3.8) is 0 Å². The lowest BCUT2D eigenvalue weighted by molar-refractivity contribution is -0.131. The van der Waals surface area contributed by atoms with Crippen molar-refractivity contribution in [2.45, 2.75) is 6.92 Å². The van der Waals surface area contributed by atoms with E-state index < -0.39 is 17.3 Å². The van der Waals surface area contributed by atoms with E-state index in [4.69, 9.17) is 13.9 Å². The van der Waals surface area contributed by atoms with E-state index in [-0.39, 0.29) is 11.3 Å². The summed E-state index contributed by atoms with van der Waals surface area (Å²) in [5.74, 6) is -1.11. The number of carbonyl (C=O) groups excluding carboxylic acids is 1. The Hall–Kier alpha value is -2.50. The summed E-state index contributed by atoms with van der Waals surface area (Å²) in [5, 5.41) is 9.86. The molecule has 6 nitrogen and oxygen atoms in total. The predicted molar refractivity (Wildman–Crippen MR) is 62.0 cm³/mol. The molecule has 0 aliphatic heterocycles. The molecule has 0 aliphatic carbocycles. The van der Waals surface area contributed by atoms with Crippen LogP contribution in [0.3, 0.4) is 0 Å². The van der Waals surface area contributed by atoms with Gasteiger partial charge in [0.15, 0.2) is 5.75 Å². The van der Waals surface area contributed by atoms with Crippen LogP contribution in [-0.2, 0) is 4.79 Å². The molecule has 2 aromatic rings. The molecule has 18 heavy (non-hydrogen) atoms. The van der Waals surface area contributed by atoms with E-state index in [1.807, 2.05) is 0 Å². The van der Waals surface area contributed by atoms with Crippen LogP contribution in [-0.4, -0.2) is 18.2 Å². The van der Waals surface area contributed by atoms with Gasteiger partial charge < -0.3 is 19.0 Å². The zero-order valence-corrected chi connectivity index (χ0v) is 9.72. The summed E-state index contributed by atoms with van der Waals surface area (Å²) in [6, 6.07) is 4.58. The van der Waals surface area contributed by atoms with Crippen LogP contribution in [0.1, 0.15) is 6.92 Å². The van der Waals surface area contributed by atoms with E-state index in [1.54, 1.807) is 6.07 Å². The van der Waals surface area contributed by atoms with Gasteiger partial charge >= 0.3 is 11.6 Å². The summed E-state index contributed by atoms with van der Waals surface area (Å²) in [4.78, 5) is 22.3. The number of hydrogen-bond acceptors (Lipinski definition) is 6. The lowest BCUT2D eigenvalue weighted by Gasteiger charge is -2.07. The molecule has 1 N–H and O–H groups in total. The summed E-state index contributed by atoms with van der Waals surface area (Å²) >= 11 is 0. The average molecular weight is 250 g/mol. The maximum absolute atomic E-state index is 11.4. The van der Waals surface area contributed by atoms with Gasteiger partial charge in [-0.05, 0) is 12.1 Å². The first-order chi connectivity index (χ1) is 8.52. The van der Waals surface area contributed by atoms with Crippen molar-refractivity contribution < 1.29 is 23.8 Å². The van der Waals surface area contributed by atoms with Crippen molar-refractivity contribution in [2.24, 2.45) is 0 Å². The molecule has 1 heterocycles. The monoisotopic (exact) mass is 250 g/mol. The van der Waals surface area contributed by atoms with Gasteiger partial charge in [-0.1, -0.05) is 0 Å². The minimum absolute atomic E-state index is 0.161. The Labute approximate surface area is 101 Å². The molecule has 1 aromatic carbocycles. The molecule has 1 aromatic heterocycles. The molecule has 6 heteroatoms. The molecule has 0 radical (unpaired) electrons. The Morgan fingerprint density at radius 3 is 2.72 bits per heavy atom. The molecule has 0 bridgehead atoms. The number of rotatable bonds is 2. The van der Waals surface area contributed by atoms with Crippen molar-refractivity contribution in [1.82, 2.24) is 0 Å². The standard InChI is InChI=1S/C12H10O6/c1-6(13)17-11-8-4-3-7(16-2)5-9(8)18-12(15)10(11)14/h3-5,14H,1-2H3. The molecule has 0 amide bonds. The second-order valence-corrected chi connectivity index (χ2v) is 3.52. The molecule has 0 atom stereocenters. The van der Waals surface area contributed by atoms with E-state index in [9.17, 15) is 14.7 Å². The SMILES string of the molecule is COc1ccc2c(OC(C)=O)c(O)c(=O)oc2c1. The Balaban J connectivity index is 2.77. The van der Waals surface area contributed by atoms with Crippen molar-refractivity contribution in [1.29, 1.82) is 0 Å². The molecule has 0 unspecified atom stereocenters. The number of esters is 1. The first-order valence-electron chi connectivity index (χ1n) is 5.05. The summed E-state index contributed by atoms with van der Waals surface area (Å²) in [6.45, 7) is 1.17. The van der Waals surface area contributed by atoms with E-state index in [1.165, 1.54) is 26.2 Å². The second-order valence-electron chi connectivity index (χ2n) is 3.52. The van der Waals surface area contributed by atoms with Crippen LogP contribution in [0.5, 0.6) is 17.2 Å². The Morgan fingerprint density at radius 2 is 2.11 bits per heavy atom. The van der Waals surface area contributed by atoms with Crippen LogP contribution in [0.25, 0.3) is 11.0 Å². The molecule has 0 saturated heterocycles. The van der Waals surface area contributed by atoms with E-state index in [2.05, 4.69) is 0 Å². The van der Waals surface area contributed by atoms with Gasteiger partial charge in [-0.25, -0.2) is 4.79 Å². The Kier molecular flexibility index (Phi) is 2.93. The molecule has 2 rings (SSSR count). The molecular weight excluding hydrogens is 240 g/mol. The third-order valence-corrected chi connectivity index (χ3v) is 2.29. The van der Waals surface area contributed by atoms with Gasteiger partial charge in [-0.2, -0.15) is 0 Å². The summed E-state index contributed by atoms with van der Waals surface area (Å²) in [6.07, 6.45) is 0. The number of hydrogen-bond donors (Lipinski definition) is 1. The normalized spacial score (nSPS) is 10.3. The van der Waals surface area contributed by atoms with Gasteiger partial charge in [0.1, 0.15) is 11.3 Å². The highest BCUT2D eigenvalue weighted by Gasteiger charge is 2.17. The molecule has 94 valence electrons. The summed E-state index contributed by atoms with van der Waals surface area (Å²) < 4.78 is 14.7. The highest BCUT2D eigenvalue weighted by Crippen LogP contribution is 2.33. The van der Waals surface area contributed by atoms with Gasteiger partial charge in [-0.15, -0.1) is 0 Å². The smallest absolute Gasteiger partial charge is 0.382 e. The lowest BCUT2D eigenvalue weighted by atomic mass is 10.2. The Morgan fingerprint density at radius 1 is 1.39 bits per heavy atom. The number of ether oxygens (including phenoxy) is 2. The molecule has 0 aliphatic rings. The van der Waals surface area contributed by atoms with Gasteiger partial charge in [0.2, 0.25) is 5.75 Å². The van der Waals surface area contributed by atoms with E-state index in [0.717, 1.165) is 0 Å². The highest BCUT2D eigenvalue weighted by atomic mass is 16.5. The quantitative estimate of drug-likeness (QED) is 0.641. The number of methoxy groups -OCH3 is 1. The van der Waals surface area contributed by atoms with Crippen molar-refractivity contribution in [3.8, 4) is 17.2 Å². The van der Waals surface area contributed by atoms with Crippen molar-refractivity contribution in [3.05, 3.63) is 28.6 Å². The maximum atomic E-state index is 11.4. The van der Waals surface area contributed by atoms with Gasteiger partial charge in [0.25, 0.3) is 0 Å². The fourth-order valence-corrected chi connectivity index (χ4v) is 1.52. The zero-order valence-electron chi connectivity index (χ0n) is 9.72. The van der Waals surface area contributed by atoms with Gasteiger partial charge in [0.05, 0.1) is 12.5 Å². The average Bonchev–Trinajstić information content (AvgIpc) is 2.33. The lowest BCUT2D eigenvalue weighted by Crippen LogP contribution is -2.07. The molecular formula is C12H10O6. The predicted octanol–water partition coefficient (Wildman–Crippen LogP) is 1.43. The van der Waals surface area contributed by atoms with Crippen LogP contribution in [0.2, 0.25) is 0 Å². The summed E-state index contributed by atoms with van der Waals surface area (Å²) in [7, 11) is 1.46. The zero-order chi connectivity index (χ0) is 13.3. The molecule has 0 fully saturated rings. The van der Waals surface area contributed by atoms with Crippen molar-refractivity contribution in [2.75, 3.05) is 7.11 Å². The summed E-state index contributed by atoms with van der Waals surface area (Å²) in [5.41, 5.74) is -0.819.